The van der Waals surface area contributed by atoms with Gasteiger partial charge in [0.25, 0.3) is 0 Å². The van der Waals surface area contributed by atoms with Crippen molar-refractivity contribution in [2.75, 3.05) is 0 Å². The van der Waals surface area contributed by atoms with Crippen molar-refractivity contribution >= 4 is 12.2 Å². The van der Waals surface area contributed by atoms with E-state index < -0.39 is 28.8 Å². The Morgan fingerprint density at radius 2 is 2.00 bits per heavy atom. The van der Waals surface area contributed by atoms with Gasteiger partial charge in [0, 0.05) is 5.56 Å². The third kappa shape index (κ3) is 2.42. The van der Waals surface area contributed by atoms with Crippen molar-refractivity contribution in [3.8, 4) is 6.07 Å². The number of primary amides is 1. The second-order valence-corrected chi connectivity index (χ2v) is 3.08. The van der Waals surface area contributed by atoms with Gasteiger partial charge in [0.15, 0.2) is 0 Å². The van der Waals surface area contributed by atoms with E-state index in [1.165, 1.54) is 6.07 Å². The molecule has 0 atom stereocenters. The minimum absolute atomic E-state index is 0.142. The van der Waals surface area contributed by atoms with Crippen LogP contribution in [0.1, 0.15) is 31.8 Å². The van der Waals surface area contributed by atoms with Crippen LogP contribution in [0.4, 0.5) is 13.2 Å². The SMILES string of the molecule is N#Cc1c(C(N)=O)cc(C=O)cc1C(F)(F)F. The predicted octanol–water partition coefficient (Wildman–Crippen LogP) is 1.49. The summed E-state index contributed by atoms with van der Waals surface area (Å²) in [6, 6.07) is 2.61. The average Bonchev–Trinajstić information content (AvgIpc) is 2.25. The van der Waals surface area contributed by atoms with Crippen LogP contribution in [0.3, 0.4) is 0 Å². The summed E-state index contributed by atoms with van der Waals surface area (Å²) >= 11 is 0. The second-order valence-electron chi connectivity index (χ2n) is 3.08. The van der Waals surface area contributed by atoms with Crippen molar-refractivity contribution < 1.29 is 22.8 Å². The molecule has 0 aliphatic heterocycles. The highest BCUT2D eigenvalue weighted by Gasteiger charge is 2.35. The molecule has 0 bridgehead atoms. The van der Waals surface area contributed by atoms with Gasteiger partial charge in [0.05, 0.1) is 16.7 Å². The van der Waals surface area contributed by atoms with Gasteiger partial charge in [0.2, 0.25) is 5.91 Å². The van der Waals surface area contributed by atoms with Crippen LogP contribution in [0.2, 0.25) is 0 Å². The molecule has 1 aromatic carbocycles. The molecule has 0 heterocycles. The largest absolute Gasteiger partial charge is 0.417 e. The molecule has 7 heteroatoms. The minimum atomic E-state index is -4.84. The van der Waals surface area contributed by atoms with E-state index in [1.54, 1.807) is 0 Å². The summed E-state index contributed by atoms with van der Waals surface area (Å²) in [5.74, 6) is -1.20. The van der Waals surface area contributed by atoms with E-state index >= 15 is 0 Å². The Labute approximate surface area is 93.4 Å². The zero-order valence-electron chi connectivity index (χ0n) is 8.21. The van der Waals surface area contributed by atoms with Crippen LogP contribution >= 0.6 is 0 Å². The van der Waals surface area contributed by atoms with E-state index in [0.717, 1.165) is 6.07 Å². The smallest absolute Gasteiger partial charge is 0.366 e. The number of aldehydes is 1. The standard InChI is InChI=1S/C10H5F3N2O2/c11-10(12,13)8-2-5(4-16)1-6(9(15)17)7(8)3-14/h1-2,4H,(H2,15,17). The summed E-state index contributed by atoms with van der Waals surface area (Å²) in [6.07, 6.45) is -4.70. The van der Waals surface area contributed by atoms with Gasteiger partial charge in [-0.1, -0.05) is 0 Å². The number of carbonyl (C=O) groups is 2. The van der Waals surface area contributed by atoms with Gasteiger partial charge < -0.3 is 5.73 Å². The van der Waals surface area contributed by atoms with Gasteiger partial charge in [0.1, 0.15) is 12.4 Å². The Bertz CT molecular complexity index is 530. The van der Waals surface area contributed by atoms with Crippen LogP contribution < -0.4 is 5.73 Å². The molecule has 0 aliphatic rings. The number of nitriles is 1. The van der Waals surface area contributed by atoms with Crippen molar-refractivity contribution in [3.05, 3.63) is 34.4 Å². The van der Waals surface area contributed by atoms with Crippen molar-refractivity contribution in [2.45, 2.75) is 6.18 Å². The summed E-state index contributed by atoms with van der Waals surface area (Å²) in [5, 5.41) is 8.63. The van der Waals surface area contributed by atoms with E-state index in [2.05, 4.69) is 0 Å². The molecule has 4 nitrogen and oxygen atoms in total. The summed E-state index contributed by atoms with van der Waals surface area (Å²) in [4.78, 5) is 21.4. The summed E-state index contributed by atoms with van der Waals surface area (Å²) in [7, 11) is 0. The minimum Gasteiger partial charge on any atom is -0.366 e. The molecule has 2 N–H and O–H groups in total. The maximum Gasteiger partial charge on any atom is 0.417 e. The number of alkyl halides is 3. The monoisotopic (exact) mass is 242 g/mol. The summed E-state index contributed by atoms with van der Waals surface area (Å²) in [6.45, 7) is 0. The third-order valence-corrected chi connectivity index (χ3v) is 1.98. The first-order chi connectivity index (χ1) is 7.81. The molecule has 0 saturated carbocycles. The lowest BCUT2D eigenvalue weighted by Crippen LogP contribution is -2.18. The molecule has 0 aromatic heterocycles. The van der Waals surface area contributed by atoms with E-state index in [9.17, 15) is 22.8 Å². The number of nitrogens with two attached hydrogens (primary N) is 1. The number of nitrogens with zero attached hydrogens (tertiary/aromatic N) is 1. The summed E-state index contributed by atoms with van der Waals surface area (Å²) < 4.78 is 37.7. The lowest BCUT2D eigenvalue weighted by Gasteiger charge is -2.11. The van der Waals surface area contributed by atoms with Crippen molar-refractivity contribution in [1.82, 2.24) is 0 Å². The van der Waals surface area contributed by atoms with Gasteiger partial charge in [-0.25, -0.2) is 0 Å². The number of rotatable bonds is 2. The van der Waals surface area contributed by atoms with Crippen molar-refractivity contribution in [2.24, 2.45) is 5.73 Å². The molecule has 0 spiro atoms. The van der Waals surface area contributed by atoms with Crippen LogP contribution in [-0.4, -0.2) is 12.2 Å². The number of halogens is 3. The molecular formula is C10H5F3N2O2. The fourth-order valence-corrected chi connectivity index (χ4v) is 1.27. The third-order valence-electron chi connectivity index (χ3n) is 1.98. The van der Waals surface area contributed by atoms with Crippen LogP contribution in [0.25, 0.3) is 0 Å². The highest BCUT2D eigenvalue weighted by Crippen LogP contribution is 2.33. The Hall–Kier alpha value is -2.36. The lowest BCUT2D eigenvalue weighted by atomic mass is 9.98. The number of carbonyl (C=O) groups excluding carboxylic acids is 2. The first kappa shape index (κ1) is 12.7. The number of benzene rings is 1. The predicted molar refractivity (Wildman–Crippen MR) is 50.1 cm³/mol. The molecule has 1 rings (SSSR count). The van der Waals surface area contributed by atoms with Gasteiger partial charge in [-0.2, -0.15) is 18.4 Å². The van der Waals surface area contributed by atoms with Crippen molar-refractivity contribution in [1.29, 1.82) is 5.26 Å². The molecule has 0 saturated heterocycles. The van der Waals surface area contributed by atoms with Crippen LogP contribution in [0.5, 0.6) is 0 Å². The van der Waals surface area contributed by atoms with Crippen molar-refractivity contribution in [3.63, 3.8) is 0 Å². The first-order valence-corrected chi connectivity index (χ1v) is 4.21. The highest BCUT2D eigenvalue weighted by atomic mass is 19.4. The Morgan fingerprint density at radius 1 is 1.41 bits per heavy atom. The molecule has 0 aliphatic carbocycles. The van der Waals surface area contributed by atoms with E-state index in [4.69, 9.17) is 11.0 Å². The van der Waals surface area contributed by atoms with Gasteiger partial charge in [-0.05, 0) is 12.1 Å². The van der Waals surface area contributed by atoms with Gasteiger partial charge >= 0.3 is 6.18 Å². The number of hydrogen-bond donors (Lipinski definition) is 1. The zero-order chi connectivity index (χ0) is 13.2. The topological polar surface area (TPSA) is 83.9 Å². The quantitative estimate of drug-likeness (QED) is 0.797. The molecular weight excluding hydrogens is 237 g/mol. The molecule has 88 valence electrons. The molecule has 0 radical (unpaired) electrons. The average molecular weight is 242 g/mol. The van der Waals surface area contributed by atoms with Gasteiger partial charge in [-0.3, -0.25) is 9.59 Å². The molecule has 17 heavy (non-hydrogen) atoms. The first-order valence-electron chi connectivity index (χ1n) is 4.21. The highest BCUT2D eigenvalue weighted by molar-refractivity contribution is 5.97. The summed E-state index contributed by atoms with van der Waals surface area (Å²) in [5.41, 5.74) is 1.63. The second kappa shape index (κ2) is 4.25. The Morgan fingerprint density at radius 3 is 2.35 bits per heavy atom. The van der Waals surface area contributed by atoms with Gasteiger partial charge in [-0.15, -0.1) is 0 Å². The maximum atomic E-state index is 12.6. The zero-order valence-corrected chi connectivity index (χ0v) is 8.21. The van der Waals surface area contributed by atoms with Crippen LogP contribution in [0, 0.1) is 11.3 Å². The van der Waals surface area contributed by atoms with E-state index in [-0.39, 0.29) is 11.8 Å². The fourth-order valence-electron chi connectivity index (χ4n) is 1.27. The lowest BCUT2D eigenvalue weighted by molar-refractivity contribution is -0.137. The molecule has 1 amide bonds. The number of hydrogen-bond acceptors (Lipinski definition) is 3. The molecule has 0 unspecified atom stereocenters. The fraction of sp³-hybridized carbons (Fsp3) is 0.100. The normalized spacial score (nSPS) is 10.7. The molecule has 0 fully saturated rings. The number of amides is 1. The van der Waals surface area contributed by atoms with E-state index in [0.29, 0.717) is 6.07 Å². The van der Waals surface area contributed by atoms with E-state index in [1.807, 2.05) is 0 Å². The Kier molecular flexibility index (Phi) is 3.18. The Balaban J connectivity index is 3.70. The molecule has 1 aromatic rings. The maximum absolute atomic E-state index is 12.6. The van der Waals surface area contributed by atoms with Crippen LogP contribution in [0.15, 0.2) is 12.1 Å². The van der Waals surface area contributed by atoms with Crippen LogP contribution in [-0.2, 0) is 6.18 Å².